The molecule has 126 valence electrons. The Bertz CT molecular complexity index is 605. The lowest BCUT2D eigenvalue weighted by molar-refractivity contribution is -0.385. The summed E-state index contributed by atoms with van der Waals surface area (Å²) in [4.78, 5) is 25.0. The third-order valence-electron chi connectivity index (χ3n) is 5.10. The van der Waals surface area contributed by atoms with Crippen molar-refractivity contribution < 1.29 is 9.72 Å². The summed E-state index contributed by atoms with van der Waals surface area (Å²) in [6, 6.07) is 4.74. The second-order valence-corrected chi connectivity index (χ2v) is 6.48. The molecule has 1 aromatic carbocycles. The van der Waals surface area contributed by atoms with Crippen LogP contribution in [0.15, 0.2) is 18.2 Å². The number of piperidine rings is 1. The van der Waals surface area contributed by atoms with Crippen LogP contribution in [0.3, 0.4) is 0 Å². The number of carbonyl (C=O) groups excluding carboxylic acids is 1. The van der Waals surface area contributed by atoms with Crippen LogP contribution < -0.4 is 5.32 Å². The van der Waals surface area contributed by atoms with Gasteiger partial charge in [0.05, 0.1) is 4.92 Å². The molecule has 3 rings (SSSR count). The van der Waals surface area contributed by atoms with E-state index in [1.54, 1.807) is 19.1 Å². The molecule has 0 bridgehead atoms. The highest BCUT2D eigenvalue weighted by Crippen LogP contribution is 2.37. The quantitative estimate of drug-likeness (QED) is 0.663. The summed E-state index contributed by atoms with van der Waals surface area (Å²) < 4.78 is 0. The Balaban J connectivity index is 0.00000192. The Morgan fingerprint density at radius 2 is 2.00 bits per heavy atom. The van der Waals surface area contributed by atoms with Gasteiger partial charge >= 0.3 is 0 Å². The number of nitrogens with zero attached hydrogens (tertiary/aromatic N) is 2. The van der Waals surface area contributed by atoms with Gasteiger partial charge in [-0.2, -0.15) is 0 Å². The van der Waals surface area contributed by atoms with Crippen molar-refractivity contribution in [3.63, 3.8) is 0 Å². The zero-order valence-electron chi connectivity index (χ0n) is 13.2. The van der Waals surface area contributed by atoms with Crippen LogP contribution in [-0.2, 0) is 0 Å². The molecule has 2 aliphatic rings. The third-order valence-corrected chi connectivity index (χ3v) is 5.10. The Morgan fingerprint density at radius 3 is 2.57 bits per heavy atom. The lowest BCUT2D eigenvalue weighted by Crippen LogP contribution is -2.44. The van der Waals surface area contributed by atoms with E-state index in [9.17, 15) is 14.9 Å². The van der Waals surface area contributed by atoms with Crippen LogP contribution in [0.4, 0.5) is 5.69 Å². The Labute approximate surface area is 141 Å². The van der Waals surface area contributed by atoms with Gasteiger partial charge in [-0.05, 0) is 44.2 Å². The molecule has 23 heavy (non-hydrogen) atoms. The van der Waals surface area contributed by atoms with Gasteiger partial charge in [-0.25, -0.2) is 0 Å². The van der Waals surface area contributed by atoms with Crippen LogP contribution in [-0.4, -0.2) is 41.9 Å². The Hall–Kier alpha value is -1.66. The second kappa shape index (κ2) is 6.84. The highest BCUT2D eigenvalue weighted by molar-refractivity contribution is 5.95. The van der Waals surface area contributed by atoms with Gasteiger partial charge in [-0.15, -0.1) is 12.4 Å². The number of benzene rings is 1. The van der Waals surface area contributed by atoms with Gasteiger partial charge < -0.3 is 10.2 Å². The van der Waals surface area contributed by atoms with Crippen LogP contribution in [0.5, 0.6) is 0 Å². The lowest BCUT2D eigenvalue weighted by Gasteiger charge is -2.38. The maximum absolute atomic E-state index is 12.6. The number of aryl methyl sites for hydroxylation is 1. The van der Waals surface area contributed by atoms with E-state index in [0.717, 1.165) is 39.0 Å². The number of amides is 1. The van der Waals surface area contributed by atoms with Gasteiger partial charge in [0.25, 0.3) is 11.6 Å². The first-order valence-corrected chi connectivity index (χ1v) is 7.76. The summed E-state index contributed by atoms with van der Waals surface area (Å²) in [5.41, 5.74) is 1.36. The van der Waals surface area contributed by atoms with Crippen molar-refractivity contribution in [1.82, 2.24) is 10.2 Å². The smallest absolute Gasteiger partial charge is 0.273 e. The van der Waals surface area contributed by atoms with Crippen molar-refractivity contribution in [3.05, 3.63) is 39.4 Å². The minimum atomic E-state index is -0.429. The van der Waals surface area contributed by atoms with Crippen molar-refractivity contribution in [2.75, 3.05) is 26.2 Å². The van der Waals surface area contributed by atoms with Crippen molar-refractivity contribution in [1.29, 1.82) is 0 Å². The maximum atomic E-state index is 12.6. The molecule has 0 atom stereocenters. The number of carbonyl (C=O) groups is 1. The molecule has 1 spiro atoms. The van der Waals surface area contributed by atoms with Crippen LogP contribution in [0, 0.1) is 22.5 Å². The number of nitrogens with one attached hydrogen (secondary N) is 1. The Kier molecular flexibility index (Phi) is 5.26. The fourth-order valence-corrected chi connectivity index (χ4v) is 3.53. The summed E-state index contributed by atoms with van der Waals surface area (Å²) in [5, 5.41) is 14.4. The van der Waals surface area contributed by atoms with Gasteiger partial charge in [-0.1, -0.05) is 6.07 Å². The van der Waals surface area contributed by atoms with E-state index in [1.807, 2.05) is 4.90 Å². The largest absolute Gasteiger partial charge is 0.339 e. The summed E-state index contributed by atoms with van der Waals surface area (Å²) in [7, 11) is 0. The first kappa shape index (κ1) is 17.7. The van der Waals surface area contributed by atoms with E-state index in [-0.39, 0.29) is 24.0 Å². The van der Waals surface area contributed by atoms with Crippen LogP contribution in [0.1, 0.15) is 35.2 Å². The molecule has 0 aromatic heterocycles. The molecule has 0 saturated carbocycles. The van der Waals surface area contributed by atoms with E-state index >= 15 is 0 Å². The molecular formula is C16H22ClN3O3. The van der Waals surface area contributed by atoms with Crippen molar-refractivity contribution >= 4 is 24.0 Å². The topological polar surface area (TPSA) is 75.5 Å². The standard InChI is InChI=1S/C16H21N3O3.ClH/c1-12-2-3-13(10-14(12)19(21)22)15(20)18-8-5-16(6-9-18)4-7-17-11-16;/h2-3,10,17H,4-9,11H2,1H3;1H. The predicted octanol–water partition coefficient (Wildman–Crippen LogP) is 2.54. The van der Waals surface area contributed by atoms with Gasteiger partial charge in [0.1, 0.15) is 0 Å². The number of likely N-dealkylation sites (tertiary alicyclic amines) is 1. The molecule has 2 fully saturated rings. The van der Waals surface area contributed by atoms with E-state index in [0.29, 0.717) is 16.5 Å². The number of hydrogen-bond acceptors (Lipinski definition) is 4. The molecule has 1 aromatic rings. The van der Waals surface area contributed by atoms with Crippen molar-refractivity contribution in [2.24, 2.45) is 5.41 Å². The van der Waals surface area contributed by atoms with E-state index in [1.165, 1.54) is 12.5 Å². The fourth-order valence-electron chi connectivity index (χ4n) is 3.53. The van der Waals surface area contributed by atoms with Crippen molar-refractivity contribution in [2.45, 2.75) is 26.2 Å². The van der Waals surface area contributed by atoms with Crippen molar-refractivity contribution in [3.8, 4) is 0 Å². The van der Waals surface area contributed by atoms with Gasteiger partial charge in [0.2, 0.25) is 0 Å². The molecular weight excluding hydrogens is 318 g/mol. The van der Waals surface area contributed by atoms with Crippen LogP contribution in [0.25, 0.3) is 0 Å². The molecule has 0 aliphatic carbocycles. The first-order chi connectivity index (χ1) is 10.5. The van der Waals surface area contributed by atoms with E-state index in [4.69, 9.17) is 0 Å². The zero-order valence-corrected chi connectivity index (χ0v) is 14.0. The fraction of sp³-hybridized carbons (Fsp3) is 0.562. The average Bonchev–Trinajstić information content (AvgIpc) is 2.96. The zero-order chi connectivity index (χ0) is 15.7. The molecule has 2 heterocycles. The number of halogens is 1. The third kappa shape index (κ3) is 3.48. The minimum absolute atomic E-state index is 0. The minimum Gasteiger partial charge on any atom is -0.339 e. The summed E-state index contributed by atoms with van der Waals surface area (Å²) >= 11 is 0. The monoisotopic (exact) mass is 339 g/mol. The molecule has 7 heteroatoms. The number of nitro groups is 1. The number of nitro benzene ring substituents is 1. The maximum Gasteiger partial charge on any atom is 0.273 e. The predicted molar refractivity (Wildman–Crippen MR) is 90.1 cm³/mol. The molecule has 2 aliphatic heterocycles. The molecule has 6 nitrogen and oxygen atoms in total. The molecule has 1 N–H and O–H groups in total. The summed E-state index contributed by atoms with van der Waals surface area (Å²) in [6.07, 6.45) is 3.21. The van der Waals surface area contributed by atoms with Gasteiger partial charge in [0.15, 0.2) is 0 Å². The second-order valence-electron chi connectivity index (χ2n) is 6.48. The van der Waals surface area contributed by atoms with E-state index in [2.05, 4.69) is 5.32 Å². The van der Waals surface area contributed by atoms with Crippen LogP contribution in [0.2, 0.25) is 0 Å². The molecule has 0 unspecified atom stereocenters. The summed E-state index contributed by atoms with van der Waals surface area (Å²) in [6.45, 7) is 5.28. The summed E-state index contributed by atoms with van der Waals surface area (Å²) in [5.74, 6) is -0.0936. The van der Waals surface area contributed by atoms with Gasteiger partial charge in [-0.3, -0.25) is 14.9 Å². The van der Waals surface area contributed by atoms with Gasteiger partial charge in [0, 0.05) is 36.8 Å². The SMILES string of the molecule is Cc1ccc(C(=O)N2CCC3(CCNC3)CC2)cc1[N+](=O)[O-].Cl. The van der Waals surface area contributed by atoms with Crippen LogP contribution >= 0.6 is 12.4 Å². The normalized spacial score (nSPS) is 19.4. The first-order valence-electron chi connectivity index (χ1n) is 7.76. The average molecular weight is 340 g/mol. The van der Waals surface area contributed by atoms with E-state index < -0.39 is 4.92 Å². The number of rotatable bonds is 2. The number of hydrogen-bond donors (Lipinski definition) is 1. The Morgan fingerprint density at radius 1 is 1.30 bits per heavy atom. The molecule has 0 radical (unpaired) electrons. The molecule has 2 saturated heterocycles. The highest BCUT2D eigenvalue weighted by atomic mass is 35.5. The molecule has 1 amide bonds. The lowest BCUT2D eigenvalue weighted by atomic mass is 9.78. The highest BCUT2D eigenvalue weighted by Gasteiger charge is 2.38.